The van der Waals surface area contributed by atoms with Crippen molar-refractivity contribution < 1.29 is 23.1 Å². The Morgan fingerprint density at radius 3 is 2.50 bits per heavy atom. The summed E-state index contributed by atoms with van der Waals surface area (Å²) in [5.74, 6) is -1.37. The lowest BCUT2D eigenvalue weighted by Gasteiger charge is -2.22. The Kier molecular flexibility index (Phi) is 5.18. The molecule has 0 saturated carbocycles. The lowest BCUT2D eigenvalue weighted by Crippen LogP contribution is -2.26. The molecule has 20 heavy (non-hydrogen) atoms. The number of carboxylic acids is 1. The molecule has 0 atom stereocenters. The Labute approximate surface area is 123 Å². The normalized spacial score (nSPS) is 12.4. The molecule has 0 aliphatic heterocycles. The first kappa shape index (κ1) is 16.9. The number of sulfone groups is 1. The van der Waals surface area contributed by atoms with E-state index in [0.29, 0.717) is 0 Å². The molecule has 0 fully saturated rings. The van der Waals surface area contributed by atoms with Gasteiger partial charge in [-0.2, -0.15) is 0 Å². The molecular formula is C13H17ClO5S. The van der Waals surface area contributed by atoms with Gasteiger partial charge in [0.25, 0.3) is 0 Å². The van der Waals surface area contributed by atoms with Crippen LogP contribution < -0.4 is 0 Å². The third-order valence-corrected chi connectivity index (χ3v) is 5.23. The van der Waals surface area contributed by atoms with Crippen molar-refractivity contribution in [1.29, 1.82) is 0 Å². The number of hydrogen-bond donors (Lipinski definition) is 1. The molecule has 0 aliphatic carbocycles. The molecule has 1 aromatic rings. The van der Waals surface area contributed by atoms with Crippen molar-refractivity contribution >= 4 is 27.4 Å². The highest BCUT2D eigenvalue weighted by Crippen LogP contribution is 2.26. The molecule has 7 heteroatoms. The fourth-order valence-corrected chi connectivity index (χ4v) is 3.59. The molecule has 0 aromatic heterocycles. The van der Waals surface area contributed by atoms with Crippen LogP contribution in [0.15, 0.2) is 23.1 Å². The molecule has 0 unspecified atom stereocenters. The van der Waals surface area contributed by atoms with E-state index >= 15 is 0 Å². The van der Waals surface area contributed by atoms with Crippen molar-refractivity contribution in [2.75, 3.05) is 12.9 Å². The van der Waals surface area contributed by atoms with Crippen molar-refractivity contribution in [1.82, 2.24) is 0 Å². The van der Waals surface area contributed by atoms with Gasteiger partial charge in [0.05, 0.1) is 26.8 Å². The summed E-state index contributed by atoms with van der Waals surface area (Å²) in [4.78, 5) is 10.7. The molecule has 0 heterocycles. The first-order valence-electron chi connectivity index (χ1n) is 5.90. The Morgan fingerprint density at radius 2 is 2.00 bits per heavy atom. The third kappa shape index (κ3) is 4.19. The topological polar surface area (TPSA) is 80.7 Å². The van der Waals surface area contributed by atoms with Gasteiger partial charge in [-0.3, -0.25) is 0 Å². The molecule has 5 nitrogen and oxygen atoms in total. The summed E-state index contributed by atoms with van der Waals surface area (Å²) in [6.07, 6.45) is 0.277. The monoisotopic (exact) mass is 320 g/mol. The van der Waals surface area contributed by atoms with Gasteiger partial charge in [0.15, 0.2) is 9.84 Å². The van der Waals surface area contributed by atoms with E-state index in [4.69, 9.17) is 21.4 Å². The SMILES string of the molecule is COC(C)(C)CCS(=O)(=O)c1cc(C(=O)O)ccc1Cl. The molecule has 1 aromatic carbocycles. The van der Waals surface area contributed by atoms with E-state index in [-0.39, 0.29) is 27.7 Å². The van der Waals surface area contributed by atoms with Crippen LogP contribution in [0.3, 0.4) is 0 Å². The van der Waals surface area contributed by atoms with Crippen LogP contribution in [-0.2, 0) is 14.6 Å². The quantitative estimate of drug-likeness (QED) is 0.871. The minimum Gasteiger partial charge on any atom is -0.478 e. The predicted octanol–water partition coefficient (Wildman–Crippen LogP) is 2.63. The number of benzene rings is 1. The Balaban J connectivity index is 3.09. The number of rotatable bonds is 6. The molecule has 0 aliphatic rings. The Bertz CT molecular complexity index is 607. The second kappa shape index (κ2) is 6.11. The van der Waals surface area contributed by atoms with Gasteiger partial charge in [-0.25, -0.2) is 13.2 Å². The van der Waals surface area contributed by atoms with Gasteiger partial charge in [0.2, 0.25) is 0 Å². The lowest BCUT2D eigenvalue weighted by molar-refractivity contribution is 0.0203. The summed E-state index contributed by atoms with van der Waals surface area (Å²) in [7, 11) is -2.16. The first-order valence-corrected chi connectivity index (χ1v) is 7.93. The molecule has 112 valence electrons. The zero-order valence-corrected chi connectivity index (χ0v) is 13.1. The summed E-state index contributed by atoms with van der Waals surface area (Å²) in [6, 6.07) is 3.63. The number of halogens is 1. The number of hydrogen-bond acceptors (Lipinski definition) is 4. The molecule has 0 amide bonds. The maximum Gasteiger partial charge on any atom is 0.335 e. The summed E-state index contributed by atoms with van der Waals surface area (Å²) >= 11 is 5.87. The van der Waals surface area contributed by atoms with Crippen molar-refractivity contribution in [3.05, 3.63) is 28.8 Å². The molecule has 0 bridgehead atoms. The minimum atomic E-state index is -3.67. The van der Waals surface area contributed by atoms with Crippen LogP contribution in [0.5, 0.6) is 0 Å². The van der Waals surface area contributed by atoms with E-state index < -0.39 is 21.4 Å². The smallest absolute Gasteiger partial charge is 0.335 e. The molecule has 0 saturated heterocycles. The number of ether oxygens (including phenoxy) is 1. The van der Waals surface area contributed by atoms with Gasteiger partial charge in [0, 0.05) is 7.11 Å². The van der Waals surface area contributed by atoms with Crippen LogP contribution in [0.4, 0.5) is 0 Å². The summed E-state index contributed by atoms with van der Waals surface area (Å²) in [5, 5.41) is 8.92. The zero-order chi connectivity index (χ0) is 15.6. The number of aromatic carboxylic acids is 1. The van der Waals surface area contributed by atoms with E-state index in [9.17, 15) is 13.2 Å². The summed E-state index contributed by atoms with van der Waals surface area (Å²) in [5.41, 5.74) is -0.691. The molecule has 1 rings (SSSR count). The van der Waals surface area contributed by atoms with E-state index in [1.54, 1.807) is 13.8 Å². The predicted molar refractivity (Wildman–Crippen MR) is 76.2 cm³/mol. The fraction of sp³-hybridized carbons (Fsp3) is 0.462. The van der Waals surface area contributed by atoms with E-state index in [1.807, 2.05) is 0 Å². The number of carboxylic acid groups (broad SMARTS) is 1. The largest absolute Gasteiger partial charge is 0.478 e. The van der Waals surface area contributed by atoms with Crippen LogP contribution in [0.2, 0.25) is 5.02 Å². The van der Waals surface area contributed by atoms with Gasteiger partial charge < -0.3 is 9.84 Å². The van der Waals surface area contributed by atoms with Crippen molar-refractivity contribution in [2.24, 2.45) is 0 Å². The van der Waals surface area contributed by atoms with E-state index in [2.05, 4.69) is 0 Å². The number of carbonyl (C=O) groups is 1. The van der Waals surface area contributed by atoms with Crippen LogP contribution in [0.25, 0.3) is 0 Å². The molecule has 0 radical (unpaired) electrons. The zero-order valence-electron chi connectivity index (χ0n) is 11.5. The average molecular weight is 321 g/mol. The Morgan fingerprint density at radius 1 is 1.40 bits per heavy atom. The standard InChI is InChI=1S/C13H17ClO5S/c1-13(2,19-3)6-7-20(17,18)11-8-9(12(15)16)4-5-10(11)14/h4-5,8H,6-7H2,1-3H3,(H,15,16). The highest BCUT2D eigenvalue weighted by Gasteiger charge is 2.25. The average Bonchev–Trinajstić information content (AvgIpc) is 2.37. The highest BCUT2D eigenvalue weighted by molar-refractivity contribution is 7.91. The van der Waals surface area contributed by atoms with E-state index in [1.165, 1.54) is 19.2 Å². The second-order valence-electron chi connectivity index (χ2n) is 4.98. The first-order chi connectivity index (χ1) is 9.09. The van der Waals surface area contributed by atoms with Crippen LogP contribution >= 0.6 is 11.6 Å². The minimum absolute atomic E-state index is 0.0187. The third-order valence-electron chi connectivity index (χ3n) is 3.04. The van der Waals surface area contributed by atoms with Gasteiger partial charge in [-0.15, -0.1) is 0 Å². The summed E-state index contributed by atoms with van der Waals surface area (Å²) in [6.45, 7) is 3.55. The van der Waals surface area contributed by atoms with Gasteiger partial charge in [0.1, 0.15) is 0 Å². The van der Waals surface area contributed by atoms with Crippen LogP contribution in [-0.4, -0.2) is 38.0 Å². The molecule has 1 N–H and O–H groups in total. The molecular weight excluding hydrogens is 304 g/mol. The van der Waals surface area contributed by atoms with Crippen molar-refractivity contribution in [3.63, 3.8) is 0 Å². The number of methoxy groups -OCH3 is 1. The van der Waals surface area contributed by atoms with E-state index in [0.717, 1.165) is 6.07 Å². The maximum atomic E-state index is 12.3. The van der Waals surface area contributed by atoms with Gasteiger partial charge >= 0.3 is 5.97 Å². The fourth-order valence-electron chi connectivity index (χ4n) is 1.47. The Hall–Kier alpha value is -1.11. The van der Waals surface area contributed by atoms with Gasteiger partial charge in [-0.1, -0.05) is 11.6 Å². The van der Waals surface area contributed by atoms with Crippen LogP contribution in [0, 0.1) is 0 Å². The lowest BCUT2D eigenvalue weighted by atomic mass is 10.1. The van der Waals surface area contributed by atoms with Crippen molar-refractivity contribution in [2.45, 2.75) is 30.8 Å². The highest BCUT2D eigenvalue weighted by atomic mass is 35.5. The van der Waals surface area contributed by atoms with Crippen LogP contribution in [0.1, 0.15) is 30.6 Å². The van der Waals surface area contributed by atoms with Crippen molar-refractivity contribution in [3.8, 4) is 0 Å². The maximum absolute atomic E-state index is 12.3. The molecule has 0 spiro atoms. The summed E-state index contributed by atoms with van der Waals surface area (Å²) < 4.78 is 29.7. The second-order valence-corrected chi connectivity index (χ2v) is 7.47. The van der Waals surface area contributed by atoms with Gasteiger partial charge in [-0.05, 0) is 38.5 Å².